The fraction of sp³-hybridized carbons (Fsp3) is 0.667. The molecule has 0 spiro atoms. The smallest absolute Gasteiger partial charge is 0.332 e. The number of aliphatic hydroxyl groups is 2. The van der Waals surface area contributed by atoms with Gasteiger partial charge >= 0.3 is 5.97 Å². The van der Waals surface area contributed by atoms with E-state index < -0.39 is 30.4 Å². The Morgan fingerprint density at radius 3 is 2.55 bits per heavy atom. The van der Waals surface area contributed by atoms with Crippen molar-refractivity contribution in [1.29, 1.82) is 0 Å². The van der Waals surface area contributed by atoms with Crippen molar-refractivity contribution in [3.8, 4) is 0 Å². The van der Waals surface area contributed by atoms with Gasteiger partial charge in [-0.05, 0) is 61.5 Å². The molecule has 0 aromatic rings. The largest absolute Gasteiger partial charge is 0.479 e. The molecule has 3 N–H and O–H groups in total. The summed E-state index contributed by atoms with van der Waals surface area (Å²) < 4.78 is 11.7. The van der Waals surface area contributed by atoms with Crippen molar-refractivity contribution >= 4 is 5.97 Å². The van der Waals surface area contributed by atoms with Crippen molar-refractivity contribution in [3.63, 3.8) is 0 Å². The van der Waals surface area contributed by atoms with Gasteiger partial charge in [-0.25, -0.2) is 4.79 Å². The lowest BCUT2D eigenvalue weighted by Crippen LogP contribution is -2.49. The Morgan fingerprint density at radius 2 is 1.88 bits per heavy atom. The lowest BCUT2D eigenvalue weighted by molar-refractivity contribution is -0.180. The van der Waals surface area contributed by atoms with E-state index in [2.05, 4.69) is 58.9 Å². The van der Waals surface area contributed by atoms with Crippen LogP contribution in [0.4, 0.5) is 0 Å². The standard InChI is InChI=1S/C27H40O6/c1-6-22-16(3)8-11-23(32-22)17(4)13-15(2)7-9-19-18(5)20(19)10-12-24-26(29)21(28)14-25(33-24)27(30)31/h7-10,12-13,15,18-26,28-29H,6,11,14H2,1-5H3,(H,30,31)/b9-7+,12-10+,17-13+/t15-,18-,19+,20+,21+,22-,23-,24+,25+,26-/m1/s1. The third-order valence-electron chi connectivity index (χ3n) is 7.36. The number of allylic oxidation sites excluding steroid dienone is 4. The third-order valence-corrected chi connectivity index (χ3v) is 7.36. The summed E-state index contributed by atoms with van der Waals surface area (Å²) in [6, 6.07) is 0. The Balaban J connectivity index is 1.54. The normalized spacial score (nSPS) is 40.8. The number of rotatable bonds is 8. The van der Waals surface area contributed by atoms with E-state index in [-0.39, 0.29) is 18.6 Å². The van der Waals surface area contributed by atoms with Crippen LogP contribution in [0.25, 0.3) is 0 Å². The highest BCUT2D eigenvalue weighted by Crippen LogP contribution is 2.48. The monoisotopic (exact) mass is 460 g/mol. The predicted molar refractivity (Wildman–Crippen MR) is 128 cm³/mol. The molecule has 3 aliphatic rings. The van der Waals surface area contributed by atoms with Crippen LogP contribution in [0.3, 0.4) is 0 Å². The van der Waals surface area contributed by atoms with Crippen molar-refractivity contribution in [2.45, 2.75) is 90.5 Å². The molecule has 0 aromatic carbocycles. The van der Waals surface area contributed by atoms with Crippen LogP contribution in [0.2, 0.25) is 0 Å². The van der Waals surface area contributed by atoms with E-state index in [0.29, 0.717) is 23.7 Å². The second kappa shape index (κ2) is 11.1. The number of hydrogen-bond acceptors (Lipinski definition) is 5. The predicted octanol–water partition coefficient (Wildman–Crippen LogP) is 4.04. The van der Waals surface area contributed by atoms with Crippen LogP contribution in [0.1, 0.15) is 53.9 Å². The molecule has 0 radical (unpaired) electrons. The first-order valence-corrected chi connectivity index (χ1v) is 12.2. The molecule has 10 atom stereocenters. The molecule has 184 valence electrons. The molecule has 6 heteroatoms. The number of aliphatic hydroxyl groups excluding tert-OH is 2. The van der Waals surface area contributed by atoms with E-state index in [1.165, 1.54) is 11.1 Å². The van der Waals surface area contributed by atoms with Crippen molar-refractivity contribution < 1.29 is 29.6 Å². The van der Waals surface area contributed by atoms with Crippen molar-refractivity contribution in [1.82, 2.24) is 0 Å². The van der Waals surface area contributed by atoms with Gasteiger partial charge in [0.05, 0.1) is 18.3 Å². The lowest BCUT2D eigenvalue weighted by atomic mass is 9.96. The van der Waals surface area contributed by atoms with Gasteiger partial charge in [-0.2, -0.15) is 0 Å². The molecule has 0 bridgehead atoms. The second-order valence-corrected chi connectivity index (χ2v) is 9.98. The maximum Gasteiger partial charge on any atom is 0.332 e. The van der Waals surface area contributed by atoms with Gasteiger partial charge in [-0.3, -0.25) is 0 Å². The first kappa shape index (κ1) is 25.9. The number of carbonyl (C=O) groups is 1. The van der Waals surface area contributed by atoms with Crippen molar-refractivity contribution in [2.75, 3.05) is 0 Å². The van der Waals surface area contributed by atoms with Crippen LogP contribution in [-0.2, 0) is 14.3 Å². The summed E-state index contributed by atoms with van der Waals surface area (Å²) in [6.07, 6.45) is 10.8. The molecule has 0 amide bonds. The number of carboxylic acid groups (broad SMARTS) is 1. The van der Waals surface area contributed by atoms with E-state index >= 15 is 0 Å². The molecule has 6 nitrogen and oxygen atoms in total. The van der Waals surface area contributed by atoms with Crippen LogP contribution in [0, 0.1) is 23.7 Å². The van der Waals surface area contributed by atoms with Gasteiger partial charge in [0.25, 0.3) is 0 Å². The summed E-state index contributed by atoms with van der Waals surface area (Å²) in [5.74, 6) is 0.368. The summed E-state index contributed by atoms with van der Waals surface area (Å²) >= 11 is 0. The molecule has 2 fully saturated rings. The van der Waals surface area contributed by atoms with E-state index in [0.717, 1.165) is 12.8 Å². The molecule has 1 saturated carbocycles. The first-order valence-electron chi connectivity index (χ1n) is 12.2. The highest BCUT2D eigenvalue weighted by Gasteiger charge is 2.44. The Labute approximate surface area is 197 Å². The Kier molecular flexibility index (Phi) is 8.73. The van der Waals surface area contributed by atoms with E-state index in [1.54, 1.807) is 6.08 Å². The van der Waals surface area contributed by atoms with Crippen LogP contribution in [0.5, 0.6) is 0 Å². The van der Waals surface area contributed by atoms with Gasteiger partial charge in [0.1, 0.15) is 12.2 Å². The topological polar surface area (TPSA) is 96.2 Å². The Morgan fingerprint density at radius 1 is 1.18 bits per heavy atom. The fourth-order valence-corrected chi connectivity index (χ4v) is 4.97. The zero-order valence-corrected chi connectivity index (χ0v) is 20.4. The van der Waals surface area contributed by atoms with Crippen LogP contribution < -0.4 is 0 Å². The summed E-state index contributed by atoms with van der Waals surface area (Å²) in [5.41, 5.74) is 2.60. The zero-order chi connectivity index (χ0) is 24.3. The lowest BCUT2D eigenvalue weighted by Gasteiger charge is -2.33. The average Bonchev–Trinajstić information content (AvgIpc) is 3.40. The molecule has 0 aromatic heterocycles. The number of hydrogen-bond donors (Lipinski definition) is 3. The highest BCUT2D eigenvalue weighted by molar-refractivity contribution is 5.72. The molecule has 33 heavy (non-hydrogen) atoms. The van der Waals surface area contributed by atoms with Gasteiger partial charge in [-0.1, -0.05) is 57.2 Å². The molecule has 1 saturated heterocycles. The number of carboxylic acids is 1. The van der Waals surface area contributed by atoms with Gasteiger partial charge in [0.2, 0.25) is 0 Å². The van der Waals surface area contributed by atoms with E-state index in [1.807, 2.05) is 6.08 Å². The number of ether oxygens (including phenoxy) is 2. The molecule has 2 aliphatic heterocycles. The average molecular weight is 461 g/mol. The highest BCUT2D eigenvalue weighted by atomic mass is 16.5. The van der Waals surface area contributed by atoms with Crippen LogP contribution in [-0.4, -0.2) is 57.9 Å². The minimum atomic E-state index is -1.12. The first-order chi connectivity index (χ1) is 15.6. The zero-order valence-electron chi connectivity index (χ0n) is 20.4. The summed E-state index contributed by atoms with van der Waals surface area (Å²) in [5, 5.41) is 29.3. The van der Waals surface area contributed by atoms with Gasteiger partial charge in [0.15, 0.2) is 6.10 Å². The summed E-state index contributed by atoms with van der Waals surface area (Å²) in [7, 11) is 0. The minimum Gasteiger partial charge on any atom is -0.479 e. The van der Waals surface area contributed by atoms with E-state index in [4.69, 9.17) is 9.47 Å². The van der Waals surface area contributed by atoms with Crippen molar-refractivity contribution in [2.24, 2.45) is 23.7 Å². The third kappa shape index (κ3) is 6.44. The molecule has 0 unspecified atom stereocenters. The maximum atomic E-state index is 11.2. The van der Waals surface area contributed by atoms with Crippen LogP contribution in [0.15, 0.2) is 47.6 Å². The Bertz CT molecular complexity index is 811. The summed E-state index contributed by atoms with van der Waals surface area (Å²) in [4.78, 5) is 11.2. The maximum absolute atomic E-state index is 11.2. The fourth-order valence-electron chi connectivity index (χ4n) is 4.97. The molecule has 3 rings (SSSR count). The molecular weight excluding hydrogens is 420 g/mol. The minimum absolute atomic E-state index is 0.0995. The molecular formula is C27H40O6. The van der Waals surface area contributed by atoms with Crippen LogP contribution >= 0.6 is 0 Å². The quantitative estimate of drug-likeness (QED) is 0.473. The van der Waals surface area contributed by atoms with Gasteiger partial charge < -0.3 is 24.8 Å². The second-order valence-electron chi connectivity index (χ2n) is 9.98. The Hall–Kier alpha value is -1.73. The number of aliphatic carboxylic acids is 1. The van der Waals surface area contributed by atoms with Gasteiger partial charge in [0, 0.05) is 6.42 Å². The summed E-state index contributed by atoms with van der Waals surface area (Å²) in [6.45, 7) is 10.8. The van der Waals surface area contributed by atoms with E-state index in [9.17, 15) is 20.1 Å². The molecule has 1 aliphatic carbocycles. The SMILES string of the molecule is CC[C@H]1O[C@@H](/C(C)=C/[C@H](C)/C=C/[C@H]2[C@@H](C)[C@@H]2/C=C/[C@@H]2O[C@H](C(=O)O)C[C@H](O)[C@H]2O)CC=C1C. The van der Waals surface area contributed by atoms with Crippen molar-refractivity contribution in [3.05, 3.63) is 47.6 Å². The van der Waals surface area contributed by atoms with Gasteiger partial charge in [-0.15, -0.1) is 0 Å². The molecule has 2 heterocycles.